The van der Waals surface area contributed by atoms with Gasteiger partial charge < -0.3 is 9.30 Å². The molecule has 0 bridgehead atoms. The fraction of sp³-hybridized carbons (Fsp3) is 0.263. The monoisotopic (exact) mass is 308 g/mol. The van der Waals surface area contributed by atoms with E-state index in [4.69, 9.17) is 4.74 Å². The first-order valence-corrected chi connectivity index (χ1v) is 7.51. The van der Waals surface area contributed by atoms with Crippen LogP contribution in [0.2, 0.25) is 0 Å². The third kappa shape index (κ3) is 3.70. The van der Waals surface area contributed by atoms with Crippen molar-refractivity contribution >= 4 is 12.0 Å². The molecule has 4 nitrogen and oxygen atoms in total. The number of rotatable bonds is 4. The summed E-state index contributed by atoms with van der Waals surface area (Å²) in [6, 6.07) is 13.8. The number of carbonyl (C=O) groups is 1. The van der Waals surface area contributed by atoms with Crippen molar-refractivity contribution in [1.82, 2.24) is 4.57 Å². The molecule has 2 rings (SSSR count). The van der Waals surface area contributed by atoms with Crippen LogP contribution in [0.5, 0.6) is 0 Å². The molecule has 1 aromatic heterocycles. The zero-order valence-electron chi connectivity index (χ0n) is 13.8. The fourth-order valence-corrected chi connectivity index (χ4v) is 2.48. The summed E-state index contributed by atoms with van der Waals surface area (Å²) in [6.45, 7) is 7.48. The van der Waals surface area contributed by atoms with Crippen molar-refractivity contribution in [2.75, 3.05) is 0 Å². The van der Waals surface area contributed by atoms with Crippen molar-refractivity contribution in [2.24, 2.45) is 0 Å². The molecule has 0 amide bonds. The second-order valence-electron chi connectivity index (χ2n) is 5.62. The van der Waals surface area contributed by atoms with E-state index in [1.807, 2.05) is 56.3 Å². The van der Waals surface area contributed by atoms with E-state index >= 15 is 0 Å². The van der Waals surface area contributed by atoms with E-state index in [0.29, 0.717) is 0 Å². The van der Waals surface area contributed by atoms with Crippen LogP contribution >= 0.6 is 0 Å². The van der Waals surface area contributed by atoms with Crippen LogP contribution in [-0.2, 0) is 9.53 Å². The van der Waals surface area contributed by atoms with Crippen molar-refractivity contribution in [1.29, 1.82) is 5.26 Å². The zero-order valence-corrected chi connectivity index (χ0v) is 13.8. The number of hydrogen-bond acceptors (Lipinski definition) is 3. The van der Waals surface area contributed by atoms with Gasteiger partial charge >= 0.3 is 5.97 Å². The van der Waals surface area contributed by atoms with Gasteiger partial charge in [-0.15, -0.1) is 0 Å². The minimum absolute atomic E-state index is 0.00649. The lowest BCUT2D eigenvalue weighted by molar-refractivity contribution is -0.142. The predicted octanol–water partition coefficient (Wildman–Crippen LogP) is 3.95. The third-order valence-corrected chi connectivity index (χ3v) is 3.47. The molecule has 0 saturated heterocycles. The average molecular weight is 308 g/mol. The molecule has 0 N–H and O–H groups in total. The first kappa shape index (κ1) is 16.6. The Morgan fingerprint density at radius 2 is 1.91 bits per heavy atom. The lowest BCUT2D eigenvalue weighted by atomic mass is 10.1. The van der Waals surface area contributed by atoms with Crippen molar-refractivity contribution in [3.8, 4) is 11.8 Å². The van der Waals surface area contributed by atoms with Crippen molar-refractivity contribution in [3.05, 3.63) is 58.9 Å². The maximum atomic E-state index is 11.9. The summed E-state index contributed by atoms with van der Waals surface area (Å²) in [6.07, 6.45) is 1.34. The van der Waals surface area contributed by atoms with E-state index in [1.165, 1.54) is 0 Å². The first-order valence-electron chi connectivity index (χ1n) is 7.51. The summed E-state index contributed by atoms with van der Waals surface area (Å²) in [4.78, 5) is 11.9. The van der Waals surface area contributed by atoms with E-state index in [2.05, 4.69) is 4.57 Å². The normalized spacial score (nSPS) is 11.4. The highest BCUT2D eigenvalue weighted by Crippen LogP contribution is 2.23. The molecular formula is C19H20N2O2. The minimum Gasteiger partial charge on any atom is -0.459 e. The topological polar surface area (TPSA) is 55.0 Å². The smallest absolute Gasteiger partial charge is 0.349 e. The fourth-order valence-electron chi connectivity index (χ4n) is 2.48. The average Bonchev–Trinajstić information content (AvgIpc) is 2.79. The standard InChI is InChI=1S/C19H20N2O2/c1-13(2)23-19(22)17(12-20)11-16-10-14(3)21(15(16)4)18-8-6-5-7-9-18/h5-11,13H,1-4H3/b17-11+. The van der Waals surface area contributed by atoms with E-state index in [9.17, 15) is 10.1 Å². The second kappa shape index (κ2) is 6.97. The summed E-state index contributed by atoms with van der Waals surface area (Å²) in [7, 11) is 0. The third-order valence-electron chi connectivity index (χ3n) is 3.47. The highest BCUT2D eigenvalue weighted by atomic mass is 16.5. The van der Waals surface area contributed by atoms with Gasteiger partial charge in [-0.05, 0) is 57.5 Å². The van der Waals surface area contributed by atoms with Gasteiger partial charge in [0.1, 0.15) is 11.6 Å². The number of esters is 1. The molecular weight excluding hydrogens is 288 g/mol. The Balaban J connectivity index is 2.44. The summed E-state index contributed by atoms with van der Waals surface area (Å²) in [5, 5.41) is 9.23. The molecule has 118 valence electrons. The molecule has 0 radical (unpaired) electrons. The minimum atomic E-state index is -0.591. The molecule has 23 heavy (non-hydrogen) atoms. The Bertz CT molecular complexity index is 778. The Morgan fingerprint density at radius 1 is 1.26 bits per heavy atom. The molecule has 2 aromatic rings. The summed E-state index contributed by atoms with van der Waals surface area (Å²) in [5.41, 5.74) is 3.90. The van der Waals surface area contributed by atoms with Gasteiger partial charge in [0.05, 0.1) is 6.10 Å². The van der Waals surface area contributed by atoms with E-state index < -0.39 is 5.97 Å². The van der Waals surface area contributed by atoms with Crippen molar-refractivity contribution < 1.29 is 9.53 Å². The van der Waals surface area contributed by atoms with Crippen LogP contribution < -0.4 is 0 Å². The number of carbonyl (C=O) groups excluding carboxylic acids is 1. The van der Waals surface area contributed by atoms with E-state index in [1.54, 1.807) is 19.9 Å². The molecule has 0 saturated carbocycles. The predicted molar refractivity (Wildman–Crippen MR) is 90.1 cm³/mol. The largest absolute Gasteiger partial charge is 0.459 e. The van der Waals surface area contributed by atoms with Gasteiger partial charge in [-0.2, -0.15) is 5.26 Å². The summed E-state index contributed by atoms with van der Waals surface area (Å²) >= 11 is 0. The SMILES string of the molecule is Cc1cc(/C=C(\C#N)C(=O)OC(C)C)c(C)n1-c1ccccc1. The number of aryl methyl sites for hydroxylation is 1. The van der Waals surface area contributed by atoms with Crippen LogP contribution in [0, 0.1) is 25.2 Å². The Labute approximate surface area is 136 Å². The lowest BCUT2D eigenvalue weighted by Crippen LogP contribution is -2.12. The van der Waals surface area contributed by atoms with Crippen molar-refractivity contribution in [3.63, 3.8) is 0 Å². The van der Waals surface area contributed by atoms with Gasteiger partial charge in [-0.25, -0.2) is 4.79 Å². The second-order valence-corrected chi connectivity index (χ2v) is 5.62. The molecule has 1 heterocycles. The van der Waals surface area contributed by atoms with E-state index in [0.717, 1.165) is 22.6 Å². The Kier molecular flexibility index (Phi) is 5.02. The van der Waals surface area contributed by atoms with Crippen LogP contribution in [0.25, 0.3) is 11.8 Å². The van der Waals surface area contributed by atoms with Crippen LogP contribution in [0.3, 0.4) is 0 Å². The van der Waals surface area contributed by atoms with Crippen LogP contribution in [0.1, 0.15) is 30.8 Å². The number of para-hydroxylation sites is 1. The molecule has 0 unspecified atom stereocenters. The van der Waals surface area contributed by atoms with Gasteiger partial charge in [0, 0.05) is 17.1 Å². The summed E-state index contributed by atoms with van der Waals surface area (Å²) in [5.74, 6) is -0.591. The van der Waals surface area contributed by atoms with Gasteiger partial charge in [-0.1, -0.05) is 18.2 Å². The molecule has 0 fully saturated rings. The highest BCUT2D eigenvalue weighted by Gasteiger charge is 2.15. The van der Waals surface area contributed by atoms with E-state index in [-0.39, 0.29) is 11.7 Å². The van der Waals surface area contributed by atoms with Gasteiger partial charge in [0.2, 0.25) is 0 Å². The number of aromatic nitrogens is 1. The number of ether oxygens (including phenoxy) is 1. The summed E-state index contributed by atoms with van der Waals surface area (Å²) < 4.78 is 7.19. The number of hydrogen-bond donors (Lipinski definition) is 0. The highest BCUT2D eigenvalue weighted by molar-refractivity contribution is 5.98. The number of benzene rings is 1. The van der Waals surface area contributed by atoms with Gasteiger partial charge in [-0.3, -0.25) is 0 Å². The molecule has 0 aliphatic heterocycles. The van der Waals surface area contributed by atoms with Gasteiger partial charge in [0.15, 0.2) is 0 Å². The molecule has 1 aromatic carbocycles. The quantitative estimate of drug-likeness (QED) is 0.488. The maximum Gasteiger partial charge on any atom is 0.349 e. The number of nitrogens with zero attached hydrogens (tertiary/aromatic N) is 2. The molecule has 0 aliphatic carbocycles. The molecule has 0 spiro atoms. The lowest BCUT2D eigenvalue weighted by Gasteiger charge is -2.09. The molecule has 4 heteroatoms. The maximum absolute atomic E-state index is 11.9. The van der Waals surface area contributed by atoms with Gasteiger partial charge in [0.25, 0.3) is 0 Å². The zero-order chi connectivity index (χ0) is 17.0. The molecule has 0 atom stereocenters. The van der Waals surface area contributed by atoms with Crippen molar-refractivity contribution in [2.45, 2.75) is 33.8 Å². The van der Waals surface area contributed by atoms with Crippen LogP contribution in [-0.4, -0.2) is 16.6 Å². The Hall–Kier alpha value is -2.80. The Morgan fingerprint density at radius 3 is 2.48 bits per heavy atom. The van der Waals surface area contributed by atoms with Crippen LogP contribution in [0.15, 0.2) is 42.0 Å². The number of nitriles is 1. The van der Waals surface area contributed by atoms with Crippen LogP contribution in [0.4, 0.5) is 0 Å². The molecule has 0 aliphatic rings. The first-order chi connectivity index (χ1) is 10.9.